The Balaban J connectivity index is 2.85. The van der Waals surface area contributed by atoms with E-state index in [2.05, 4.69) is 15.3 Å². The summed E-state index contributed by atoms with van der Waals surface area (Å²) in [6.45, 7) is 1.91. The number of halogens is 3. The van der Waals surface area contributed by atoms with Gasteiger partial charge in [-0.15, -0.1) is 0 Å². The second-order valence-corrected chi connectivity index (χ2v) is 5.02. The molecule has 21 heavy (non-hydrogen) atoms. The Kier molecular flexibility index (Phi) is 6.29. The molecule has 6 nitrogen and oxygen atoms in total. The molecule has 1 aliphatic rings. The number of esters is 1. The van der Waals surface area contributed by atoms with E-state index < -0.39 is 23.6 Å². The summed E-state index contributed by atoms with van der Waals surface area (Å²) in [5.41, 5.74) is 6.85. The quantitative estimate of drug-likeness (QED) is 0.269. The highest BCUT2D eigenvalue weighted by molar-refractivity contribution is 5.81. The lowest BCUT2D eigenvalue weighted by molar-refractivity contribution is -0.192. The predicted octanol–water partition coefficient (Wildman–Crippen LogP) is 2.94. The molecule has 1 saturated carbocycles. The average Bonchev–Trinajstić information content (AvgIpc) is 2.43. The van der Waals surface area contributed by atoms with Crippen molar-refractivity contribution in [2.75, 3.05) is 19.7 Å². The van der Waals surface area contributed by atoms with E-state index in [1.54, 1.807) is 6.92 Å². The third kappa shape index (κ3) is 4.78. The number of nitrogens with zero attached hydrogens (tertiary/aromatic N) is 3. The third-order valence-electron chi connectivity index (χ3n) is 3.62. The van der Waals surface area contributed by atoms with Crippen LogP contribution in [0.3, 0.4) is 0 Å². The van der Waals surface area contributed by atoms with E-state index >= 15 is 0 Å². The summed E-state index contributed by atoms with van der Waals surface area (Å²) in [5, 5.41) is 6.12. The second-order valence-electron chi connectivity index (χ2n) is 5.02. The van der Waals surface area contributed by atoms with Gasteiger partial charge in [0.15, 0.2) is 0 Å². The van der Waals surface area contributed by atoms with Crippen LogP contribution in [0.5, 0.6) is 0 Å². The van der Waals surface area contributed by atoms with E-state index in [0.29, 0.717) is 0 Å². The Bertz CT molecular complexity index is 410. The van der Waals surface area contributed by atoms with Crippen LogP contribution in [0.4, 0.5) is 13.2 Å². The minimum Gasteiger partial charge on any atom is -0.465 e. The largest absolute Gasteiger partial charge is 0.465 e. The maximum atomic E-state index is 12.9. The van der Waals surface area contributed by atoms with Crippen molar-refractivity contribution in [3.05, 3.63) is 10.4 Å². The zero-order chi connectivity index (χ0) is 15.9. The van der Waals surface area contributed by atoms with Crippen LogP contribution < -0.4 is 5.32 Å². The first-order chi connectivity index (χ1) is 9.85. The highest BCUT2D eigenvalue weighted by Crippen LogP contribution is 2.42. The molecule has 1 fully saturated rings. The molecular formula is C12H19F3N4O2. The molecule has 0 heterocycles. The van der Waals surface area contributed by atoms with E-state index in [-0.39, 0.29) is 45.4 Å². The smallest absolute Gasteiger partial charge is 0.391 e. The number of ether oxygens (including phenoxy) is 1. The Labute approximate surface area is 120 Å². The van der Waals surface area contributed by atoms with E-state index in [1.165, 1.54) is 0 Å². The highest BCUT2D eigenvalue weighted by Gasteiger charge is 2.51. The number of nitrogens with one attached hydrogen (secondary N) is 1. The number of rotatable bonds is 6. The van der Waals surface area contributed by atoms with Gasteiger partial charge in [-0.3, -0.25) is 4.79 Å². The number of hydrogen-bond acceptors (Lipinski definition) is 4. The van der Waals surface area contributed by atoms with Crippen molar-refractivity contribution in [3.63, 3.8) is 0 Å². The summed E-state index contributed by atoms with van der Waals surface area (Å²) in [5.74, 6) is -2.19. The predicted molar refractivity (Wildman–Crippen MR) is 69.4 cm³/mol. The SMILES string of the molecule is CCOC(=O)C1(NCCN=[N+]=[N-])CCCC(C(F)(F)F)C1. The van der Waals surface area contributed by atoms with Gasteiger partial charge in [0.2, 0.25) is 0 Å². The van der Waals surface area contributed by atoms with E-state index in [1.807, 2.05) is 0 Å². The fourth-order valence-corrected chi connectivity index (χ4v) is 2.63. The number of carbonyl (C=O) groups excluding carboxylic acids is 1. The van der Waals surface area contributed by atoms with Crippen LogP contribution in [-0.2, 0) is 9.53 Å². The van der Waals surface area contributed by atoms with Gasteiger partial charge in [0.25, 0.3) is 0 Å². The lowest BCUT2D eigenvalue weighted by Gasteiger charge is -2.40. The third-order valence-corrected chi connectivity index (χ3v) is 3.62. The van der Waals surface area contributed by atoms with Gasteiger partial charge in [-0.25, -0.2) is 0 Å². The molecule has 0 aliphatic heterocycles. The first-order valence-corrected chi connectivity index (χ1v) is 6.85. The van der Waals surface area contributed by atoms with Crippen molar-refractivity contribution in [2.45, 2.75) is 44.3 Å². The fourth-order valence-electron chi connectivity index (χ4n) is 2.63. The molecule has 2 atom stereocenters. The lowest BCUT2D eigenvalue weighted by atomic mass is 9.75. The molecule has 2 unspecified atom stereocenters. The Morgan fingerprint density at radius 2 is 2.29 bits per heavy atom. The molecule has 0 radical (unpaired) electrons. The minimum atomic E-state index is -4.33. The van der Waals surface area contributed by atoms with Gasteiger partial charge in [0.1, 0.15) is 5.54 Å². The van der Waals surface area contributed by atoms with Crippen molar-refractivity contribution in [1.29, 1.82) is 0 Å². The van der Waals surface area contributed by atoms with Gasteiger partial charge in [-0.1, -0.05) is 11.5 Å². The summed E-state index contributed by atoms with van der Waals surface area (Å²) in [7, 11) is 0. The Morgan fingerprint density at radius 3 is 2.86 bits per heavy atom. The zero-order valence-electron chi connectivity index (χ0n) is 11.8. The van der Waals surface area contributed by atoms with E-state index in [4.69, 9.17) is 10.3 Å². The van der Waals surface area contributed by atoms with Crippen molar-refractivity contribution in [3.8, 4) is 0 Å². The zero-order valence-corrected chi connectivity index (χ0v) is 11.8. The molecule has 0 aromatic rings. The molecule has 1 aliphatic carbocycles. The van der Waals surface area contributed by atoms with E-state index in [0.717, 1.165) is 0 Å². The summed E-state index contributed by atoms with van der Waals surface area (Å²) in [6.07, 6.45) is -4.08. The van der Waals surface area contributed by atoms with Gasteiger partial charge < -0.3 is 10.1 Å². The Morgan fingerprint density at radius 1 is 1.57 bits per heavy atom. The monoisotopic (exact) mass is 308 g/mol. The molecule has 120 valence electrons. The standard InChI is InChI=1S/C12H19F3N4O2/c1-2-21-10(20)11(17-6-7-18-19-16)5-3-4-9(8-11)12(13,14)15/h9,17H,2-8H2,1H3. The number of alkyl halides is 3. The highest BCUT2D eigenvalue weighted by atomic mass is 19.4. The van der Waals surface area contributed by atoms with Gasteiger partial charge in [0.05, 0.1) is 12.5 Å². The van der Waals surface area contributed by atoms with E-state index in [9.17, 15) is 18.0 Å². The summed E-state index contributed by atoms with van der Waals surface area (Å²) < 4.78 is 43.7. The van der Waals surface area contributed by atoms with Gasteiger partial charge >= 0.3 is 12.1 Å². The van der Waals surface area contributed by atoms with Crippen molar-refractivity contribution < 1.29 is 22.7 Å². The van der Waals surface area contributed by atoms with Gasteiger partial charge in [-0.2, -0.15) is 13.2 Å². The van der Waals surface area contributed by atoms with Crippen LogP contribution in [0, 0.1) is 5.92 Å². The van der Waals surface area contributed by atoms with Gasteiger partial charge in [0, 0.05) is 18.0 Å². The van der Waals surface area contributed by atoms with Crippen LogP contribution in [0.1, 0.15) is 32.6 Å². The molecule has 0 bridgehead atoms. The van der Waals surface area contributed by atoms with Crippen molar-refractivity contribution >= 4 is 5.97 Å². The number of hydrogen-bond donors (Lipinski definition) is 1. The molecule has 0 spiro atoms. The van der Waals surface area contributed by atoms with Crippen LogP contribution in [0.2, 0.25) is 0 Å². The normalized spacial score (nSPS) is 26.0. The summed E-state index contributed by atoms with van der Waals surface area (Å²) >= 11 is 0. The van der Waals surface area contributed by atoms with Crippen LogP contribution in [-0.4, -0.2) is 37.4 Å². The first kappa shape index (κ1) is 17.6. The molecular weight excluding hydrogens is 289 g/mol. The topological polar surface area (TPSA) is 87.1 Å². The molecule has 0 aromatic heterocycles. The molecule has 0 saturated heterocycles. The van der Waals surface area contributed by atoms with Crippen LogP contribution in [0.15, 0.2) is 5.11 Å². The number of azide groups is 1. The summed E-state index contributed by atoms with van der Waals surface area (Å²) in [6, 6.07) is 0. The molecule has 1 rings (SSSR count). The van der Waals surface area contributed by atoms with Crippen LogP contribution >= 0.6 is 0 Å². The first-order valence-electron chi connectivity index (χ1n) is 6.85. The maximum Gasteiger partial charge on any atom is 0.391 e. The minimum absolute atomic E-state index is 0.0166. The second kappa shape index (κ2) is 7.51. The summed E-state index contributed by atoms with van der Waals surface area (Å²) in [4.78, 5) is 14.7. The van der Waals surface area contributed by atoms with Crippen molar-refractivity contribution in [2.24, 2.45) is 11.0 Å². The van der Waals surface area contributed by atoms with Crippen molar-refractivity contribution in [1.82, 2.24) is 5.32 Å². The molecule has 1 N–H and O–H groups in total. The molecule has 0 aromatic carbocycles. The van der Waals surface area contributed by atoms with Gasteiger partial charge in [-0.05, 0) is 31.7 Å². The maximum absolute atomic E-state index is 12.9. The molecule has 0 amide bonds. The fraction of sp³-hybridized carbons (Fsp3) is 0.917. The van der Waals surface area contributed by atoms with Crippen LogP contribution in [0.25, 0.3) is 10.4 Å². The number of carbonyl (C=O) groups is 1. The lowest BCUT2D eigenvalue weighted by Crippen LogP contribution is -2.57. The Hall–Kier alpha value is -1.47. The molecule has 9 heteroatoms. The average molecular weight is 308 g/mol.